The van der Waals surface area contributed by atoms with Gasteiger partial charge in [0, 0.05) is 5.02 Å². The summed E-state index contributed by atoms with van der Waals surface area (Å²) >= 11 is 5.79. The Balaban J connectivity index is 1.61. The topological polar surface area (TPSA) is 63.6 Å². The minimum absolute atomic E-state index is 0.0313. The van der Waals surface area contributed by atoms with E-state index in [4.69, 9.17) is 15.8 Å². The Morgan fingerprint density at radius 2 is 1.81 bits per heavy atom. The first-order valence-electron chi connectivity index (χ1n) is 8.82. The van der Waals surface area contributed by atoms with Crippen LogP contribution in [0.1, 0.15) is 42.7 Å². The fraction of sp³-hybridized carbons (Fsp3) is 0.400. The molecule has 0 bridgehead atoms. The first kappa shape index (κ1) is 20.3. The molecule has 0 atom stereocenters. The van der Waals surface area contributed by atoms with Crippen molar-refractivity contribution >= 4 is 21.7 Å². The van der Waals surface area contributed by atoms with Crippen LogP contribution in [-0.2, 0) is 14.3 Å². The number of aliphatic hydroxyl groups is 1. The van der Waals surface area contributed by atoms with Crippen LogP contribution in [0.25, 0.3) is 0 Å². The van der Waals surface area contributed by atoms with Crippen LogP contribution in [0.2, 0.25) is 5.02 Å². The molecular weight excluding hydrogens is 391 g/mol. The van der Waals surface area contributed by atoms with E-state index < -0.39 is 15.7 Å². The van der Waals surface area contributed by atoms with Gasteiger partial charge in [-0.15, -0.1) is 0 Å². The van der Waals surface area contributed by atoms with Crippen LogP contribution in [0.15, 0.2) is 47.4 Å². The SMILES string of the molecule is Cc1ccc(S(=O)(=O)OC[C@]2(O)CC[C@H](c3ccc(Cl)cc3F)CC2)cc1. The monoisotopic (exact) mass is 412 g/mol. The van der Waals surface area contributed by atoms with Crippen LogP contribution in [0, 0.1) is 12.7 Å². The molecule has 0 spiro atoms. The van der Waals surface area contributed by atoms with Crippen molar-refractivity contribution in [2.75, 3.05) is 6.61 Å². The predicted octanol–water partition coefficient (Wildman–Crippen LogP) is 4.58. The lowest BCUT2D eigenvalue weighted by atomic mass is 9.76. The molecule has 0 aliphatic heterocycles. The van der Waals surface area contributed by atoms with Crippen LogP contribution in [-0.4, -0.2) is 25.7 Å². The maximum atomic E-state index is 14.1. The molecule has 1 aliphatic carbocycles. The molecule has 27 heavy (non-hydrogen) atoms. The molecule has 1 saturated carbocycles. The fourth-order valence-corrected chi connectivity index (χ4v) is 4.54. The molecule has 2 aromatic carbocycles. The molecule has 0 amide bonds. The zero-order chi connectivity index (χ0) is 19.7. The summed E-state index contributed by atoms with van der Waals surface area (Å²) in [5.41, 5.74) is 0.284. The van der Waals surface area contributed by atoms with Crippen molar-refractivity contribution in [1.29, 1.82) is 0 Å². The van der Waals surface area contributed by atoms with Gasteiger partial charge in [0.15, 0.2) is 0 Å². The van der Waals surface area contributed by atoms with Gasteiger partial charge in [-0.1, -0.05) is 35.4 Å². The quantitative estimate of drug-likeness (QED) is 0.730. The molecule has 1 aliphatic rings. The number of benzene rings is 2. The van der Waals surface area contributed by atoms with E-state index in [1.54, 1.807) is 24.3 Å². The zero-order valence-corrected chi connectivity index (χ0v) is 16.6. The van der Waals surface area contributed by atoms with E-state index in [1.807, 2.05) is 6.92 Å². The van der Waals surface area contributed by atoms with Crippen LogP contribution in [0.3, 0.4) is 0 Å². The molecular formula is C20H22ClFO4S. The molecule has 3 rings (SSSR count). The summed E-state index contributed by atoms with van der Waals surface area (Å²) in [5, 5.41) is 11.0. The van der Waals surface area contributed by atoms with E-state index in [0.29, 0.717) is 36.3 Å². The standard InChI is InChI=1S/C20H22ClFO4S/c1-14-2-5-17(6-3-14)27(24,25)26-13-20(23)10-8-15(9-11-20)18-7-4-16(21)12-19(18)22/h2-7,12,15,23H,8-11,13H2,1H3/t15-,20-. The van der Waals surface area contributed by atoms with Crippen molar-refractivity contribution in [3.8, 4) is 0 Å². The summed E-state index contributed by atoms with van der Waals surface area (Å²) in [4.78, 5) is 0.0635. The Bertz CT molecular complexity index is 904. The lowest BCUT2D eigenvalue weighted by Crippen LogP contribution is -2.39. The zero-order valence-electron chi connectivity index (χ0n) is 15.0. The van der Waals surface area contributed by atoms with Crippen LogP contribution >= 0.6 is 11.6 Å². The fourth-order valence-electron chi connectivity index (χ4n) is 3.40. The van der Waals surface area contributed by atoms with Gasteiger partial charge in [0.2, 0.25) is 0 Å². The van der Waals surface area contributed by atoms with Crippen LogP contribution in [0.5, 0.6) is 0 Å². The Hall–Kier alpha value is -1.47. The second kappa shape index (κ2) is 7.87. The molecule has 1 fully saturated rings. The van der Waals surface area contributed by atoms with E-state index >= 15 is 0 Å². The number of rotatable bonds is 5. The maximum absolute atomic E-state index is 14.1. The average molecular weight is 413 g/mol. The lowest BCUT2D eigenvalue weighted by molar-refractivity contribution is -0.0363. The summed E-state index contributed by atoms with van der Waals surface area (Å²) in [6.45, 7) is 1.56. The van der Waals surface area contributed by atoms with Gasteiger partial charge >= 0.3 is 0 Å². The Kier molecular flexibility index (Phi) is 5.91. The molecule has 2 aromatic rings. The predicted molar refractivity (Wildman–Crippen MR) is 102 cm³/mol. The first-order chi connectivity index (χ1) is 12.7. The molecule has 0 heterocycles. The third-order valence-electron chi connectivity index (χ3n) is 5.11. The summed E-state index contributed by atoms with van der Waals surface area (Å²) < 4.78 is 43.8. The van der Waals surface area contributed by atoms with Crippen LogP contribution < -0.4 is 0 Å². The van der Waals surface area contributed by atoms with Gasteiger partial charge in [0.05, 0.1) is 17.1 Å². The smallest absolute Gasteiger partial charge is 0.297 e. The Labute approximate surface area is 164 Å². The van der Waals surface area contributed by atoms with E-state index in [-0.39, 0.29) is 23.2 Å². The van der Waals surface area contributed by atoms with E-state index in [1.165, 1.54) is 18.2 Å². The van der Waals surface area contributed by atoms with Crippen molar-refractivity contribution in [2.45, 2.75) is 49.0 Å². The molecule has 0 saturated heterocycles. The molecule has 0 radical (unpaired) electrons. The van der Waals surface area contributed by atoms with E-state index in [0.717, 1.165) is 5.56 Å². The molecule has 146 valence electrons. The highest BCUT2D eigenvalue weighted by Gasteiger charge is 2.36. The lowest BCUT2D eigenvalue weighted by Gasteiger charge is -2.35. The summed E-state index contributed by atoms with van der Waals surface area (Å²) in [5.74, 6) is -0.382. The van der Waals surface area contributed by atoms with Crippen LogP contribution in [0.4, 0.5) is 4.39 Å². The number of aryl methyl sites for hydroxylation is 1. The molecule has 1 N–H and O–H groups in total. The van der Waals surface area contributed by atoms with Gasteiger partial charge in [0.25, 0.3) is 10.1 Å². The van der Waals surface area contributed by atoms with Gasteiger partial charge in [0.1, 0.15) is 5.82 Å². The summed E-state index contributed by atoms with van der Waals surface area (Å²) in [7, 11) is -3.93. The van der Waals surface area contributed by atoms with Crippen molar-refractivity contribution in [2.24, 2.45) is 0 Å². The summed E-state index contributed by atoms with van der Waals surface area (Å²) in [6, 6.07) is 11.0. The first-order valence-corrected chi connectivity index (χ1v) is 10.6. The largest absolute Gasteiger partial charge is 0.387 e. The Morgan fingerprint density at radius 1 is 1.19 bits per heavy atom. The maximum Gasteiger partial charge on any atom is 0.297 e. The third-order valence-corrected chi connectivity index (χ3v) is 6.62. The molecule has 0 unspecified atom stereocenters. The number of halogens is 2. The second-order valence-corrected chi connectivity index (χ2v) is 9.25. The van der Waals surface area contributed by atoms with Gasteiger partial charge in [-0.05, 0) is 68.4 Å². The normalized spacial score (nSPS) is 23.3. The van der Waals surface area contributed by atoms with Crippen molar-refractivity contribution in [3.63, 3.8) is 0 Å². The highest BCUT2D eigenvalue weighted by atomic mass is 35.5. The minimum atomic E-state index is -3.93. The number of hydrogen-bond acceptors (Lipinski definition) is 4. The number of hydrogen-bond donors (Lipinski definition) is 1. The highest BCUT2D eigenvalue weighted by molar-refractivity contribution is 7.86. The molecule has 7 heteroatoms. The van der Waals surface area contributed by atoms with E-state index in [2.05, 4.69) is 0 Å². The summed E-state index contributed by atoms with van der Waals surface area (Å²) in [6.07, 6.45) is 1.76. The van der Waals surface area contributed by atoms with Crippen molar-refractivity contribution in [1.82, 2.24) is 0 Å². The molecule has 4 nitrogen and oxygen atoms in total. The molecule has 0 aromatic heterocycles. The Morgan fingerprint density at radius 3 is 2.41 bits per heavy atom. The minimum Gasteiger partial charge on any atom is -0.387 e. The van der Waals surface area contributed by atoms with Crippen molar-refractivity contribution in [3.05, 3.63) is 64.4 Å². The average Bonchev–Trinajstić information content (AvgIpc) is 2.62. The van der Waals surface area contributed by atoms with E-state index in [9.17, 15) is 17.9 Å². The van der Waals surface area contributed by atoms with Gasteiger partial charge < -0.3 is 5.11 Å². The third kappa shape index (κ3) is 4.88. The second-order valence-electron chi connectivity index (χ2n) is 7.19. The highest BCUT2D eigenvalue weighted by Crippen LogP contribution is 2.39. The van der Waals surface area contributed by atoms with Gasteiger partial charge in [-0.3, -0.25) is 4.18 Å². The van der Waals surface area contributed by atoms with Gasteiger partial charge in [-0.25, -0.2) is 4.39 Å². The van der Waals surface area contributed by atoms with Gasteiger partial charge in [-0.2, -0.15) is 8.42 Å². The van der Waals surface area contributed by atoms with Crippen molar-refractivity contribution < 1.29 is 22.1 Å².